The molecule has 2 aromatic carbocycles. The maximum atomic E-state index is 14.2. The summed E-state index contributed by atoms with van der Waals surface area (Å²) in [5, 5.41) is 62.4. The Hall–Kier alpha value is -4.63. The molecule has 14 heteroatoms. The van der Waals surface area contributed by atoms with Gasteiger partial charge in [0.1, 0.15) is 23.4 Å². The first kappa shape index (κ1) is 41.1. The summed E-state index contributed by atoms with van der Waals surface area (Å²) >= 11 is 0. The number of hydrogen-bond donors (Lipinski definition) is 7. The highest BCUT2D eigenvalue weighted by Crippen LogP contribution is 2.55. The first-order chi connectivity index (χ1) is 24.8. The van der Waals surface area contributed by atoms with Crippen LogP contribution in [-0.4, -0.2) is 87.6 Å². The van der Waals surface area contributed by atoms with Crippen LogP contribution >= 0.6 is 0 Å². The van der Waals surface area contributed by atoms with Gasteiger partial charge in [-0.1, -0.05) is 45.9 Å². The van der Waals surface area contributed by atoms with E-state index in [1.807, 2.05) is 0 Å². The number of Topliss-reactive ketones (excluding diaryl/α,β-unsaturated/α-hetero) is 1. The van der Waals surface area contributed by atoms with Gasteiger partial charge >= 0.3 is 11.8 Å². The Bertz CT molecular complexity index is 1850. The normalized spacial score (nSPS) is 32.0. The van der Waals surface area contributed by atoms with E-state index < -0.39 is 88.8 Å². The van der Waals surface area contributed by atoms with Crippen LogP contribution in [0.2, 0.25) is 0 Å². The number of nitrogens with one attached hydrogen (secondary N) is 2. The monoisotopic (exact) mass is 740 g/mol. The number of ether oxygens (including phenoxy) is 4. The molecular formula is C39H52N2O12. The Labute approximate surface area is 309 Å². The summed E-state index contributed by atoms with van der Waals surface area (Å²) < 4.78 is 23.4. The highest BCUT2D eigenvalue weighted by molar-refractivity contribution is 6.22. The summed E-state index contributed by atoms with van der Waals surface area (Å²) in [6, 6.07) is 0. The minimum absolute atomic E-state index is 0.0362. The van der Waals surface area contributed by atoms with Crippen molar-refractivity contribution in [2.45, 2.75) is 92.1 Å². The van der Waals surface area contributed by atoms with Crippen molar-refractivity contribution in [2.75, 3.05) is 19.5 Å². The van der Waals surface area contributed by atoms with Gasteiger partial charge in [-0.25, -0.2) is 0 Å². The lowest BCUT2D eigenvalue weighted by Crippen LogP contribution is -2.46. The molecule has 3 aliphatic heterocycles. The average Bonchev–Trinajstić information content (AvgIpc) is 3.38. The SMILES string of the molecule is CNCc1c2c(O)c3c(O)c(C)c4c(c3c1O)C(=O)[C@@](C)(O/C=C/[C@H](OC)[C@@H](C)[C@@H](OC(C)=O)[C@H](C)[C@@H](O)[C@H](C)[C@@H](O)[C@H](C)/C=C/C=C(/C)C(=O)N2)O4. The molecule has 0 aliphatic carbocycles. The van der Waals surface area contributed by atoms with Crippen LogP contribution in [-0.2, 0) is 30.3 Å². The highest BCUT2D eigenvalue weighted by atomic mass is 16.7. The van der Waals surface area contributed by atoms with Crippen molar-refractivity contribution in [3.05, 3.63) is 52.8 Å². The van der Waals surface area contributed by atoms with Gasteiger partial charge in [0, 0.05) is 73.3 Å². The third kappa shape index (κ3) is 7.72. The number of hydrogen-bond acceptors (Lipinski definition) is 13. The molecule has 3 heterocycles. The van der Waals surface area contributed by atoms with Crippen molar-refractivity contribution in [3.63, 3.8) is 0 Å². The van der Waals surface area contributed by atoms with Gasteiger partial charge in [0.05, 0.1) is 41.2 Å². The van der Waals surface area contributed by atoms with Gasteiger partial charge in [0.2, 0.25) is 0 Å². The van der Waals surface area contributed by atoms with Crippen molar-refractivity contribution < 1.29 is 58.9 Å². The zero-order valence-corrected chi connectivity index (χ0v) is 31.8. The molecular weight excluding hydrogens is 688 g/mol. The first-order valence-electron chi connectivity index (χ1n) is 17.5. The number of ketones is 1. The molecule has 0 radical (unpaired) electrons. The first-order valence-corrected chi connectivity index (χ1v) is 17.5. The van der Waals surface area contributed by atoms with Crippen LogP contribution in [0.3, 0.4) is 0 Å². The Morgan fingerprint density at radius 2 is 1.62 bits per heavy atom. The van der Waals surface area contributed by atoms with E-state index in [2.05, 4.69) is 10.6 Å². The molecule has 9 atom stereocenters. The van der Waals surface area contributed by atoms with Crippen LogP contribution in [0.4, 0.5) is 5.69 Å². The number of aliphatic hydroxyl groups is 2. The second kappa shape index (κ2) is 16.2. The molecule has 0 aromatic heterocycles. The number of methoxy groups -OCH3 is 1. The predicted octanol–water partition coefficient (Wildman–Crippen LogP) is 4.47. The van der Waals surface area contributed by atoms with Gasteiger partial charge in [-0.3, -0.25) is 14.4 Å². The number of benzene rings is 2. The maximum Gasteiger partial charge on any atom is 0.312 e. The number of phenolic OH excluding ortho intramolecular Hbond substituents is 3. The highest BCUT2D eigenvalue weighted by Gasteiger charge is 2.50. The fourth-order valence-electron chi connectivity index (χ4n) is 7.14. The molecule has 14 nitrogen and oxygen atoms in total. The number of amides is 1. The van der Waals surface area contributed by atoms with E-state index in [4.69, 9.17) is 18.9 Å². The zero-order chi connectivity index (χ0) is 39.7. The van der Waals surface area contributed by atoms with E-state index in [9.17, 15) is 39.9 Å². The van der Waals surface area contributed by atoms with Crippen molar-refractivity contribution in [3.8, 4) is 23.0 Å². The quantitative estimate of drug-likeness (QED) is 0.131. The number of aromatic hydroxyl groups is 3. The summed E-state index contributed by atoms with van der Waals surface area (Å²) in [4.78, 5) is 39.9. The molecule has 3 aliphatic rings. The van der Waals surface area contributed by atoms with Crippen LogP contribution in [0, 0.1) is 30.6 Å². The number of carbonyl (C=O) groups is 3. The van der Waals surface area contributed by atoms with Crippen molar-refractivity contribution in [1.29, 1.82) is 0 Å². The number of esters is 1. The van der Waals surface area contributed by atoms with Gasteiger partial charge in [-0.05, 0) is 27.0 Å². The smallest absolute Gasteiger partial charge is 0.312 e. The van der Waals surface area contributed by atoms with E-state index >= 15 is 0 Å². The lowest BCUT2D eigenvalue weighted by Gasteiger charge is -2.38. The maximum absolute atomic E-state index is 14.2. The fraction of sp³-hybridized carbons (Fsp3) is 0.513. The average molecular weight is 741 g/mol. The van der Waals surface area contributed by atoms with Crippen LogP contribution in [0.25, 0.3) is 10.8 Å². The third-order valence-corrected chi connectivity index (χ3v) is 10.4. The number of aliphatic hydroxyl groups excluding tert-OH is 2. The Morgan fingerprint density at radius 1 is 0.962 bits per heavy atom. The molecule has 0 unspecified atom stereocenters. The van der Waals surface area contributed by atoms with Crippen LogP contribution in [0.5, 0.6) is 23.0 Å². The second-order valence-electron chi connectivity index (χ2n) is 14.2. The van der Waals surface area contributed by atoms with Gasteiger partial charge in [-0.2, -0.15) is 0 Å². The third-order valence-electron chi connectivity index (χ3n) is 10.4. The van der Waals surface area contributed by atoms with Crippen LogP contribution in [0.15, 0.2) is 36.1 Å². The Balaban J connectivity index is 1.94. The standard InChI is InChI=1S/C39H52N2O12/c1-17-12-11-13-18(2)38(49)41-29-24(16-40-9)33(46)26-27(34(29)47)32(45)22(6)36-28(26)37(48)39(8,53-36)51-15-14-25(50-10)19(3)35(52-23(7)42)21(5)31(44)20(4)30(17)43/h11-15,17,19-21,25,30-31,35,40,43-47H,16H2,1-10H3,(H,41,49)/b12-11+,15-14+,18-13-/t17-,19-,20-,21-,25+,30+,31+,35-,39+/m1/s1. The summed E-state index contributed by atoms with van der Waals surface area (Å²) in [7, 11) is 3.02. The number of anilines is 1. The van der Waals surface area contributed by atoms with E-state index in [0.29, 0.717) is 0 Å². The Kier molecular flexibility index (Phi) is 12.5. The number of carbonyl (C=O) groups excluding carboxylic acids is 3. The molecule has 0 spiro atoms. The summed E-state index contributed by atoms with van der Waals surface area (Å²) in [6.45, 7) is 12.5. The summed E-state index contributed by atoms with van der Waals surface area (Å²) in [5.41, 5.74) is -0.0314. The summed E-state index contributed by atoms with van der Waals surface area (Å²) in [5.74, 6) is -8.02. The topological polar surface area (TPSA) is 213 Å². The molecule has 0 fully saturated rings. The molecule has 1 amide bonds. The zero-order valence-electron chi connectivity index (χ0n) is 31.8. The number of allylic oxidation sites excluding steroid dienone is 2. The van der Waals surface area contributed by atoms with Gasteiger partial charge in [0.15, 0.2) is 5.75 Å². The largest absolute Gasteiger partial charge is 0.507 e. The number of fused-ring (bicyclic) bond motifs is 14. The van der Waals surface area contributed by atoms with E-state index in [0.717, 1.165) is 0 Å². The van der Waals surface area contributed by atoms with Crippen molar-refractivity contribution in [2.24, 2.45) is 23.7 Å². The van der Waals surface area contributed by atoms with E-state index in [1.54, 1.807) is 46.9 Å². The Morgan fingerprint density at radius 3 is 2.23 bits per heavy atom. The molecule has 0 saturated carbocycles. The molecule has 53 heavy (non-hydrogen) atoms. The molecule has 2 aromatic rings. The van der Waals surface area contributed by atoms with Crippen LogP contribution in [0.1, 0.15) is 70.0 Å². The minimum Gasteiger partial charge on any atom is -0.507 e. The van der Waals surface area contributed by atoms with Crippen molar-refractivity contribution >= 4 is 34.1 Å². The predicted molar refractivity (Wildman–Crippen MR) is 197 cm³/mol. The van der Waals surface area contributed by atoms with Gasteiger partial charge in [0.25, 0.3) is 11.7 Å². The van der Waals surface area contributed by atoms with Crippen LogP contribution < -0.4 is 15.4 Å². The van der Waals surface area contributed by atoms with E-state index in [-0.39, 0.29) is 51.0 Å². The van der Waals surface area contributed by atoms with Crippen molar-refractivity contribution in [1.82, 2.24) is 5.32 Å². The summed E-state index contributed by atoms with van der Waals surface area (Å²) in [6.07, 6.45) is 3.62. The lowest BCUT2D eigenvalue weighted by atomic mass is 9.78. The molecule has 5 bridgehead atoms. The van der Waals surface area contributed by atoms with Gasteiger partial charge < -0.3 is 55.1 Å². The molecule has 290 valence electrons. The second-order valence-corrected chi connectivity index (χ2v) is 14.2. The van der Waals surface area contributed by atoms with E-state index in [1.165, 1.54) is 53.2 Å². The minimum atomic E-state index is -2.01. The fourth-order valence-corrected chi connectivity index (χ4v) is 7.14. The molecule has 0 saturated heterocycles. The molecule has 7 N–H and O–H groups in total. The molecule has 5 rings (SSSR count). The lowest BCUT2D eigenvalue weighted by molar-refractivity contribution is -0.160. The van der Waals surface area contributed by atoms with Gasteiger partial charge in [-0.15, -0.1) is 0 Å². The number of rotatable bonds is 4. The number of phenols is 3.